The molecule has 1 amide bonds. The second kappa shape index (κ2) is 6.50. The fourth-order valence-corrected chi connectivity index (χ4v) is 2.74. The first-order valence-electron chi connectivity index (χ1n) is 6.92. The Morgan fingerprint density at radius 3 is 2.83 bits per heavy atom. The van der Waals surface area contributed by atoms with Crippen LogP contribution in [0.1, 0.15) is 12.8 Å². The van der Waals surface area contributed by atoms with Crippen LogP contribution in [0.25, 0.3) is 0 Å². The van der Waals surface area contributed by atoms with Crippen LogP contribution in [0.5, 0.6) is 0 Å². The minimum Gasteiger partial charge on any atom is -0.381 e. The molecule has 2 rings (SSSR count). The molecule has 1 atom stereocenters. The molecule has 0 aliphatic carbocycles. The molecule has 5 nitrogen and oxygen atoms in total. The van der Waals surface area contributed by atoms with Gasteiger partial charge in [-0.05, 0) is 25.8 Å². The zero-order valence-corrected chi connectivity index (χ0v) is 11.5. The Labute approximate surface area is 109 Å². The lowest BCUT2D eigenvalue weighted by atomic mass is 9.99. The normalized spacial score (nSPS) is 27.1. The van der Waals surface area contributed by atoms with Gasteiger partial charge in [-0.3, -0.25) is 9.69 Å². The highest BCUT2D eigenvalue weighted by molar-refractivity contribution is 5.82. The Kier molecular flexibility index (Phi) is 4.97. The van der Waals surface area contributed by atoms with Crippen LogP contribution in [0.15, 0.2) is 0 Å². The van der Waals surface area contributed by atoms with Gasteiger partial charge in [0, 0.05) is 46.4 Å². The maximum absolute atomic E-state index is 12.4. The molecule has 2 aliphatic rings. The van der Waals surface area contributed by atoms with Crippen LogP contribution in [0.2, 0.25) is 0 Å². The Morgan fingerprint density at radius 2 is 2.17 bits per heavy atom. The number of hydrogen-bond donors (Lipinski definition) is 1. The Morgan fingerprint density at radius 1 is 1.44 bits per heavy atom. The molecule has 104 valence electrons. The summed E-state index contributed by atoms with van der Waals surface area (Å²) in [6, 6.07) is 0.00332. The molecule has 2 fully saturated rings. The first-order valence-corrected chi connectivity index (χ1v) is 6.92. The molecule has 1 N–H and O–H groups in total. The first-order chi connectivity index (χ1) is 8.68. The maximum atomic E-state index is 12.4. The van der Waals surface area contributed by atoms with Gasteiger partial charge in [-0.25, -0.2) is 0 Å². The first kappa shape index (κ1) is 13.8. The van der Waals surface area contributed by atoms with Crippen molar-refractivity contribution in [1.82, 2.24) is 15.1 Å². The second-order valence-corrected chi connectivity index (χ2v) is 5.48. The number of piperazine rings is 1. The van der Waals surface area contributed by atoms with Gasteiger partial charge < -0.3 is 15.0 Å². The number of ether oxygens (including phenoxy) is 1. The molecular weight excluding hydrogens is 230 g/mol. The predicted octanol–water partition coefficient (Wildman–Crippen LogP) is -0.225. The number of rotatable bonds is 3. The molecular formula is C13H25N3O2. The van der Waals surface area contributed by atoms with E-state index in [1.807, 2.05) is 19.0 Å². The van der Waals surface area contributed by atoms with Crippen molar-refractivity contribution in [2.45, 2.75) is 18.9 Å². The summed E-state index contributed by atoms with van der Waals surface area (Å²) in [6.45, 7) is 5.25. The van der Waals surface area contributed by atoms with Crippen LogP contribution in [0.4, 0.5) is 0 Å². The van der Waals surface area contributed by atoms with Crippen LogP contribution >= 0.6 is 0 Å². The topological polar surface area (TPSA) is 44.8 Å². The fourth-order valence-electron chi connectivity index (χ4n) is 2.74. The van der Waals surface area contributed by atoms with E-state index in [1.165, 1.54) is 0 Å². The zero-order valence-electron chi connectivity index (χ0n) is 11.5. The maximum Gasteiger partial charge on any atom is 0.240 e. The number of likely N-dealkylation sites (N-methyl/N-ethyl adjacent to an activating group) is 2. The van der Waals surface area contributed by atoms with E-state index in [1.54, 1.807) is 0 Å². The van der Waals surface area contributed by atoms with Gasteiger partial charge in [0.05, 0.1) is 0 Å². The monoisotopic (exact) mass is 255 g/mol. The van der Waals surface area contributed by atoms with E-state index in [0.717, 1.165) is 52.2 Å². The average Bonchev–Trinajstić information content (AvgIpc) is 2.39. The van der Waals surface area contributed by atoms with E-state index >= 15 is 0 Å². The summed E-state index contributed by atoms with van der Waals surface area (Å²) in [4.78, 5) is 16.5. The highest BCUT2D eigenvalue weighted by Gasteiger charge is 2.29. The smallest absolute Gasteiger partial charge is 0.240 e. The fraction of sp³-hybridized carbons (Fsp3) is 0.923. The third kappa shape index (κ3) is 3.43. The van der Waals surface area contributed by atoms with Crippen molar-refractivity contribution in [2.24, 2.45) is 5.92 Å². The van der Waals surface area contributed by atoms with Crippen molar-refractivity contribution in [3.8, 4) is 0 Å². The van der Waals surface area contributed by atoms with Crippen LogP contribution in [0, 0.1) is 5.92 Å². The van der Waals surface area contributed by atoms with Gasteiger partial charge in [0.25, 0.3) is 0 Å². The Balaban J connectivity index is 1.83. The van der Waals surface area contributed by atoms with Crippen molar-refractivity contribution < 1.29 is 9.53 Å². The van der Waals surface area contributed by atoms with Gasteiger partial charge in [-0.1, -0.05) is 0 Å². The van der Waals surface area contributed by atoms with Crippen LogP contribution in [0.3, 0.4) is 0 Å². The van der Waals surface area contributed by atoms with Crippen LogP contribution in [-0.2, 0) is 9.53 Å². The standard InChI is InChI=1S/C13H25N3O2/c1-15-6-5-14-9-12(15)13(17)16(2)10-11-3-7-18-8-4-11/h11-12,14H,3-10H2,1-2H3. The number of carbonyl (C=O) groups excluding carboxylic acids is 1. The van der Waals surface area contributed by atoms with Crippen molar-refractivity contribution in [1.29, 1.82) is 0 Å². The number of nitrogens with one attached hydrogen (secondary N) is 1. The summed E-state index contributed by atoms with van der Waals surface area (Å²) in [7, 11) is 3.96. The lowest BCUT2D eigenvalue weighted by molar-refractivity contribution is -0.136. The van der Waals surface area contributed by atoms with E-state index < -0.39 is 0 Å². The highest BCUT2D eigenvalue weighted by Crippen LogP contribution is 2.16. The van der Waals surface area contributed by atoms with Gasteiger partial charge >= 0.3 is 0 Å². The SMILES string of the molecule is CN(CC1CCOCC1)C(=O)C1CNCCN1C. The molecule has 18 heavy (non-hydrogen) atoms. The third-order valence-electron chi connectivity index (χ3n) is 4.05. The second-order valence-electron chi connectivity index (χ2n) is 5.48. The summed E-state index contributed by atoms with van der Waals surface area (Å²) < 4.78 is 5.35. The summed E-state index contributed by atoms with van der Waals surface area (Å²) in [5, 5.41) is 3.30. The minimum absolute atomic E-state index is 0.00332. The lowest BCUT2D eigenvalue weighted by Gasteiger charge is -2.36. The van der Waals surface area contributed by atoms with E-state index in [9.17, 15) is 4.79 Å². The lowest BCUT2D eigenvalue weighted by Crippen LogP contribution is -2.57. The van der Waals surface area contributed by atoms with Gasteiger partial charge in [-0.2, -0.15) is 0 Å². The van der Waals surface area contributed by atoms with Gasteiger partial charge in [0.2, 0.25) is 5.91 Å². The summed E-state index contributed by atoms with van der Waals surface area (Å²) in [5.41, 5.74) is 0. The molecule has 2 aliphatic heterocycles. The molecule has 2 saturated heterocycles. The van der Waals surface area contributed by atoms with Crippen molar-refractivity contribution in [3.05, 3.63) is 0 Å². The quantitative estimate of drug-likeness (QED) is 0.757. The Hall–Kier alpha value is -0.650. The molecule has 0 saturated carbocycles. The predicted molar refractivity (Wildman–Crippen MR) is 70.5 cm³/mol. The van der Waals surface area contributed by atoms with E-state index in [2.05, 4.69) is 10.2 Å². The Bertz CT molecular complexity index is 279. The molecule has 0 spiro atoms. The van der Waals surface area contributed by atoms with Gasteiger partial charge in [0.1, 0.15) is 6.04 Å². The molecule has 5 heteroatoms. The third-order valence-corrected chi connectivity index (χ3v) is 4.05. The highest BCUT2D eigenvalue weighted by atomic mass is 16.5. The molecule has 0 radical (unpaired) electrons. The van der Waals surface area contributed by atoms with Crippen molar-refractivity contribution in [2.75, 3.05) is 53.5 Å². The number of nitrogens with zero attached hydrogens (tertiary/aromatic N) is 2. The largest absolute Gasteiger partial charge is 0.381 e. The minimum atomic E-state index is 0.00332. The number of hydrogen-bond acceptors (Lipinski definition) is 4. The van der Waals surface area contributed by atoms with Gasteiger partial charge in [0.15, 0.2) is 0 Å². The summed E-state index contributed by atoms with van der Waals surface area (Å²) in [5.74, 6) is 0.853. The molecule has 0 aromatic carbocycles. The number of carbonyl (C=O) groups is 1. The van der Waals surface area contributed by atoms with Crippen molar-refractivity contribution in [3.63, 3.8) is 0 Å². The van der Waals surface area contributed by atoms with E-state index in [0.29, 0.717) is 5.92 Å². The molecule has 0 aromatic heterocycles. The van der Waals surface area contributed by atoms with Crippen molar-refractivity contribution >= 4 is 5.91 Å². The average molecular weight is 255 g/mol. The van der Waals surface area contributed by atoms with E-state index in [-0.39, 0.29) is 11.9 Å². The number of amides is 1. The van der Waals surface area contributed by atoms with Crippen LogP contribution < -0.4 is 5.32 Å². The molecule has 0 aromatic rings. The van der Waals surface area contributed by atoms with Gasteiger partial charge in [-0.15, -0.1) is 0 Å². The molecule has 1 unspecified atom stereocenters. The summed E-state index contributed by atoms with van der Waals surface area (Å²) >= 11 is 0. The van der Waals surface area contributed by atoms with Crippen LogP contribution in [-0.4, -0.2) is 75.2 Å². The zero-order chi connectivity index (χ0) is 13.0. The molecule has 0 bridgehead atoms. The summed E-state index contributed by atoms with van der Waals surface area (Å²) in [6.07, 6.45) is 2.16. The molecule has 2 heterocycles. The van der Waals surface area contributed by atoms with E-state index in [4.69, 9.17) is 4.74 Å².